The Morgan fingerprint density at radius 1 is 1.17 bits per heavy atom. The smallest absolute Gasteiger partial charge is 0.322 e. The molecule has 0 radical (unpaired) electrons. The molecule has 5 rings (SSSR count). The molecule has 15 heteroatoms. The lowest BCUT2D eigenvalue weighted by atomic mass is 9.74. The van der Waals surface area contributed by atoms with Crippen LogP contribution in [0.2, 0.25) is 0 Å². The highest BCUT2D eigenvalue weighted by Gasteiger charge is 2.57. The summed E-state index contributed by atoms with van der Waals surface area (Å²) in [7, 11) is 1.02. The number of nitrogens with one attached hydrogen (secondary N) is 2. The van der Waals surface area contributed by atoms with E-state index in [1.165, 1.54) is 33.7 Å². The number of esters is 1. The molecule has 4 heterocycles. The van der Waals surface area contributed by atoms with E-state index in [0.29, 0.717) is 23.6 Å². The predicted molar refractivity (Wildman–Crippen MR) is 139 cm³/mol. The highest BCUT2D eigenvalue weighted by molar-refractivity contribution is 6.03. The number of piperidine rings is 1. The molecule has 2 aliphatic rings. The highest BCUT2D eigenvalue weighted by Crippen LogP contribution is 2.42. The van der Waals surface area contributed by atoms with Crippen molar-refractivity contribution < 1.29 is 36.7 Å². The molecule has 1 saturated heterocycles. The minimum atomic E-state index is -3.33. The van der Waals surface area contributed by atoms with Gasteiger partial charge in [0.15, 0.2) is 11.1 Å². The summed E-state index contributed by atoms with van der Waals surface area (Å²) >= 11 is 0. The molecule has 1 saturated carbocycles. The zero-order valence-electron chi connectivity index (χ0n) is 23.1. The van der Waals surface area contributed by atoms with Crippen LogP contribution in [0.15, 0.2) is 30.6 Å². The van der Waals surface area contributed by atoms with Crippen molar-refractivity contribution in [3.63, 3.8) is 0 Å². The Bertz CT molecular complexity index is 1490. The molecule has 1 aliphatic heterocycles. The summed E-state index contributed by atoms with van der Waals surface area (Å²) in [6.07, 6.45) is 1.18. The maximum Gasteiger partial charge on any atom is 0.322 e. The van der Waals surface area contributed by atoms with Gasteiger partial charge >= 0.3 is 5.97 Å². The van der Waals surface area contributed by atoms with Gasteiger partial charge in [0.05, 0.1) is 37.3 Å². The Morgan fingerprint density at radius 2 is 1.90 bits per heavy atom. The van der Waals surface area contributed by atoms with Crippen LogP contribution in [-0.4, -0.2) is 67.7 Å². The number of halogens is 4. The van der Waals surface area contributed by atoms with E-state index < -0.39 is 60.5 Å². The molecule has 2 fully saturated rings. The standard InChI is InChI=1S/C27H31F4N7O4/c1-3-37-19(8-11-33-37)22(39)35-21(16-6-9-26(28,29)10-7-16)18-13-38-20(34-18)5-4-17(36-38)12-25(24(41)42-2)14-27(30,31)15-32-23(25)40/h4-5,8,11,13,16,21H,3,6-7,9-10,12,14-15H2,1-2H3,(H,32,40)(H,35,39). The molecule has 1 aliphatic carbocycles. The maximum atomic E-state index is 14.4. The van der Waals surface area contributed by atoms with E-state index in [1.807, 2.05) is 6.92 Å². The van der Waals surface area contributed by atoms with Gasteiger partial charge in [0, 0.05) is 38.4 Å². The second-order valence-corrected chi connectivity index (χ2v) is 10.9. The first-order chi connectivity index (χ1) is 19.9. The second kappa shape index (κ2) is 11.0. The first-order valence-corrected chi connectivity index (χ1v) is 13.7. The van der Waals surface area contributed by atoms with Gasteiger partial charge in [0.1, 0.15) is 5.69 Å². The lowest BCUT2D eigenvalue weighted by molar-refractivity contribution is -0.172. The third-order valence-corrected chi connectivity index (χ3v) is 8.04. The van der Waals surface area contributed by atoms with Gasteiger partial charge in [0.2, 0.25) is 11.8 Å². The largest absolute Gasteiger partial charge is 0.468 e. The Morgan fingerprint density at radius 3 is 2.60 bits per heavy atom. The topological polar surface area (TPSA) is 133 Å². The lowest BCUT2D eigenvalue weighted by Gasteiger charge is -2.37. The maximum absolute atomic E-state index is 14.4. The molecule has 2 unspecified atom stereocenters. The van der Waals surface area contributed by atoms with Gasteiger partial charge in [-0.2, -0.15) is 10.2 Å². The van der Waals surface area contributed by atoms with Gasteiger partial charge in [-0.3, -0.25) is 19.1 Å². The summed E-state index contributed by atoms with van der Waals surface area (Å²) in [4.78, 5) is 43.2. The van der Waals surface area contributed by atoms with Crippen molar-refractivity contribution >= 4 is 23.4 Å². The first-order valence-electron chi connectivity index (χ1n) is 13.7. The van der Waals surface area contributed by atoms with Crippen molar-refractivity contribution in [2.24, 2.45) is 11.3 Å². The molecular formula is C27H31F4N7O4. The van der Waals surface area contributed by atoms with Gasteiger partial charge in [-0.25, -0.2) is 27.1 Å². The Balaban J connectivity index is 1.47. The van der Waals surface area contributed by atoms with Crippen LogP contribution < -0.4 is 10.6 Å². The van der Waals surface area contributed by atoms with Crippen LogP contribution in [0, 0.1) is 11.3 Å². The Kier molecular flexibility index (Phi) is 7.70. The summed E-state index contributed by atoms with van der Waals surface area (Å²) in [5.41, 5.74) is -1.03. The quantitative estimate of drug-likeness (QED) is 0.233. The number of methoxy groups -OCH3 is 1. The van der Waals surface area contributed by atoms with E-state index in [2.05, 4.69) is 25.8 Å². The number of rotatable bonds is 8. The average Bonchev–Trinajstić information content (AvgIpc) is 3.60. The lowest BCUT2D eigenvalue weighted by Crippen LogP contribution is -2.59. The zero-order valence-corrected chi connectivity index (χ0v) is 23.1. The molecular weight excluding hydrogens is 562 g/mol. The number of carbonyl (C=O) groups is 3. The van der Waals surface area contributed by atoms with Crippen molar-refractivity contribution in [1.29, 1.82) is 0 Å². The van der Waals surface area contributed by atoms with Crippen LogP contribution in [0.1, 0.15) is 66.9 Å². The van der Waals surface area contributed by atoms with E-state index >= 15 is 0 Å². The van der Waals surface area contributed by atoms with E-state index in [1.54, 1.807) is 6.07 Å². The molecule has 0 spiro atoms. The molecule has 0 bridgehead atoms. The number of nitrogens with zero attached hydrogens (tertiary/aromatic N) is 5. The Labute approximate surface area is 238 Å². The van der Waals surface area contributed by atoms with Gasteiger partial charge in [0.25, 0.3) is 11.8 Å². The molecule has 226 valence electrons. The number of ether oxygens (including phenoxy) is 1. The minimum Gasteiger partial charge on any atom is -0.468 e. The predicted octanol–water partition coefficient (Wildman–Crippen LogP) is 3.10. The van der Waals surface area contributed by atoms with Gasteiger partial charge in [-0.05, 0) is 43.9 Å². The highest BCUT2D eigenvalue weighted by atomic mass is 19.3. The summed E-state index contributed by atoms with van der Waals surface area (Å²) in [5.74, 6) is -8.87. The van der Waals surface area contributed by atoms with Gasteiger partial charge in [-0.15, -0.1) is 0 Å². The number of imidazole rings is 1. The third-order valence-electron chi connectivity index (χ3n) is 8.04. The summed E-state index contributed by atoms with van der Waals surface area (Å²) in [6, 6.07) is 3.83. The van der Waals surface area contributed by atoms with Crippen LogP contribution >= 0.6 is 0 Å². The van der Waals surface area contributed by atoms with Gasteiger partial charge in [-0.1, -0.05) is 0 Å². The number of aryl methyl sites for hydroxylation is 1. The monoisotopic (exact) mass is 593 g/mol. The summed E-state index contributed by atoms with van der Waals surface area (Å²) in [6.45, 7) is 1.40. The molecule has 2 N–H and O–H groups in total. The Hall–Kier alpha value is -4.04. The number of hydrogen-bond acceptors (Lipinski definition) is 7. The van der Waals surface area contributed by atoms with Crippen LogP contribution in [0.5, 0.6) is 0 Å². The van der Waals surface area contributed by atoms with E-state index in [-0.39, 0.29) is 37.3 Å². The van der Waals surface area contributed by atoms with Crippen molar-refractivity contribution in [2.45, 2.75) is 69.9 Å². The van der Waals surface area contributed by atoms with Crippen molar-refractivity contribution in [3.8, 4) is 0 Å². The second-order valence-electron chi connectivity index (χ2n) is 10.9. The van der Waals surface area contributed by atoms with E-state index in [4.69, 9.17) is 4.74 Å². The third kappa shape index (κ3) is 5.68. The number of fused-ring (bicyclic) bond motifs is 1. The fraction of sp³-hybridized carbons (Fsp3) is 0.556. The van der Waals surface area contributed by atoms with Crippen LogP contribution in [0.4, 0.5) is 17.6 Å². The van der Waals surface area contributed by atoms with Crippen LogP contribution in [-0.2, 0) is 27.3 Å². The molecule has 0 aromatic carbocycles. The minimum absolute atomic E-state index is 0.148. The molecule has 11 nitrogen and oxygen atoms in total. The van der Waals surface area contributed by atoms with Gasteiger partial charge < -0.3 is 15.4 Å². The van der Waals surface area contributed by atoms with Crippen molar-refractivity contribution in [1.82, 2.24) is 35.0 Å². The van der Waals surface area contributed by atoms with E-state index in [9.17, 15) is 31.9 Å². The van der Waals surface area contributed by atoms with Crippen LogP contribution in [0.3, 0.4) is 0 Å². The SMILES string of the molecule is CCn1nccc1C(=O)NC(c1cn2nc(CC3(C(=O)OC)CC(F)(F)CNC3=O)ccc2n1)C1CCC(F)(F)CC1. The first kappa shape index (κ1) is 29.5. The number of carbonyl (C=O) groups excluding carboxylic acids is 3. The molecule has 3 aromatic rings. The summed E-state index contributed by atoms with van der Waals surface area (Å²) < 4.78 is 64.3. The zero-order chi connectivity index (χ0) is 30.3. The molecule has 2 atom stereocenters. The molecule has 42 heavy (non-hydrogen) atoms. The van der Waals surface area contributed by atoms with E-state index in [0.717, 1.165) is 7.11 Å². The van der Waals surface area contributed by atoms with Crippen molar-refractivity contribution in [2.75, 3.05) is 13.7 Å². The fourth-order valence-corrected chi connectivity index (χ4v) is 5.85. The molecule has 3 aromatic heterocycles. The number of hydrogen-bond donors (Lipinski definition) is 2. The number of amides is 2. The van der Waals surface area contributed by atoms with Crippen molar-refractivity contribution in [3.05, 3.63) is 47.7 Å². The van der Waals surface area contributed by atoms with Crippen LogP contribution in [0.25, 0.3) is 5.65 Å². The summed E-state index contributed by atoms with van der Waals surface area (Å²) in [5, 5.41) is 13.6. The number of alkyl halides is 4. The fourth-order valence-electron chi connectivity index (χ4n) is 5.85. The normalized spacial score (nSPS) is 22.9. The molecule has 2 amide bonds. The number of aromatic nitrogens is 5. The average molecular weight is 594 g/mol.